The summed E-state index contributed by atoms with van der Waals surface area (Å²) in [4.78, 5) is 32.2. The average molecular weight is 381 g/mol. The van der Waals surface area contributed by atoms with Crippen LogP contribution < -0.4 is 0 Å². The molecular weight excluding hydrogens is 361 g/mol. The number of halogens is 1. The number of benzene rings is 1. The van der Waals surface area contributed by atoms with E-state index in [0.717, 1.165) is 12.0 Å². The predicted molar refractivity (Wildman–Crippen MR) is 98.1 cm³/mol. The van der Waals surface area contributed by atoms with Gasteiger partial charge < -0.3 is 9.64 Å². The van der Waals surface area contributed by atoms with Crippen molar-refractivity contribution in [3.63, 3.8) is 0 Å². The smallest absolute Gasteiger partial charge is 0.411 e. The van der Waals surface area contributed by atoms with Crippen molar-refractivity contribution in [1.29, 1.82) is 0 Å². The highest BCUT2D eigenvalue weighted by Gasteiger charge is 2.50. The van der Waals surface area contributed by atoms with E-state index in [9.17, 15) is 14.0 Å². The van der Waals surface area contributed by atoms with Gasteiger partial charge in [-0.3, -0.25) is 9.69 Å². The Kier molecular flexibility index (Phi) is 4.03. The van der Waals surface area contributed by atoms with Crippen molar-refractivity contribution in [3.05, 3.63) is 65.2 Å². The molecule has 2 aliphatic heterocycles. The van der Waals surface area contributed by atoms with E-state index in [0.29, 0.717) is 25.9 Å². The molecule has 1 aromatic heterocycles. The molecule has 0 radical (unpaired) electrons. The van der Waals surface area contributed by atoms with Crippen LogP contribution in [0.2, 0.25) is 0 Å². The zero-order valence-corrected chi connectivity index (χ0v) is 15.3. The molecule has 28 heavy (non-hydrogen) atoms. The molecule has 2 atom stereocenters. The van der Waals surface area contributed by atoms with E-state index >= 15 is 0 Å². The minimum absolute atomic E-state index is 0.00804. The van der Waals surface area contributed by atoms with Crippen LogP contribution in [-0.4, -0.2) is 52.0 Å². The summed E-state index contributed by atoms with van der Waals surface area (Å²) in [5.41, 5.74) is 2.38. The third kappa shape index (κ3) is 2.65. The molecule has 2 fully saturated rings. The number of ether oxygens (including phenoxy) is 1. The van der Waals surface area contributed by atoms with Gasteiger partial charge in [0.25, 0.3) is 5.91 Å². The molecule has 144 valence electrons. The van der Waals surface area contributed by atoms with Crippen LogP contribution in [0.1, 0.15) is 40.4 Å². The van der Waals surface area contributed by atoms with Gasteiger partial charge in [-0.15, -0.1) is 0 Å². The van der Waals surface area contributed by atoms with Crippen LogP contribution in [0.5, 0.6) is 0 Å². The van der Waals surface area contributed by atoms with Crippen LogP contribution >= 0.6 is 0 Å². The number of fused-ring (bicyclic) bond motifs is 3. The van der Waals surface area contributed by atoms with Gasteiger partial charge in [0.05, 0.1) is 11.6 Å². The molecule has 2 amide bonds. The Bertz CT molecular complexity index is 942. The van der Waals surface area contributed by atoms with Crippen molar-refractivity contribution < 1.29 is 18.7 Å². The normalized spacial score (nSPS) is 24.1. The first-order valence-corrected chi connectivity index (χ1v) is 9.60. The molecule has 0 saturated carbocycles. The first-order valence-electron chi connectivity index (χ1n) is 9.60. The van der Waals surface area contributed by atoms with Crippen LogP contribution in [0.25, 0.3) is 0 Å². The van der Waals surface area contributed by atoms with Gasteiger partial charge in [-0.2, -0.15) is 4.39 Å². The Balaban J connectivity index is 1.31. The molecule has 7 heteroatoms. The fraction of sp³-hybridized carbons (Fsp3) is 0.381. The van der Waals surface area contributed by atoms with Crippen molar-refractivity contribution in [2.75, 3.05) is 13.1 Å². The van der Waals surface area contributed by atoms with E-state index in [1.54, 1.807) is 11.0 Å². The highest BCUT2D eigenvalue weighted by atomic mass is 19.1. The van der Waals surface area contributed by atoms with Crippen LogP contribution in [0.4, 0.5) is 9.18 Å². The maximum absolute atomic E-state index is 13.8. The van der Waals surface area contributed by atoms with E-state index in [2.05, 4.69) is 17.1 Å². The second-order valence-corrected chi connectivity index (χ2v) is 7.54. The van der Waals surface area contributed by atoms with E-state index in [4.69, 9.17) is 4.74 Å². The average Bonchev–Trinajstić information content (AvgIpc) is 3.22. The largest absolute Gasteiger partial charge is 0.443 e. The summed E-state index contributed by atoms with van der Waals surface area (Å²) in [7, 11) is 0. The zero-order valence-electron chi connectivity index (χ0n) is 15.3. The van der Waals surface area contributed by atoms with Gasteiger partial charge >= 0.3 is 6.09 Å². The molecule has 2 aromatic rings. The van der Waals surface area contributed by atoms with Crippen molar-refractivity contribution in [2.24, 2.45) is 0 Å². The SMILES string of the molecule is O=C(c1cccnc1F)N1CCC(N2C(=O)OC3Cc4ccccc4C32)CC1. The van der Waals surface area contributed by atoms with Crippen LogP contribution in [0.3, 0.4) is 0 Å². The highest BCUT2D eigenvalue weighted by molar-refractivity contribution is 5.94. The Morgan fingerprint density at radius 2 is 1.93 bits per heavy atom. The molecular formula is C21H20FN3O3. The number of hydrogen-bond acceptors (Lipinski definition) is 4. The van der Waals surface area contributed by atoms with Crippen LogP contribution in [0.15, 0.2) is 42.6 Å². The fourth-order valence-electron chi connectivity index (χ4n) is 4.72. The Hall–Kier alpha value is -2.96. The lowest BCUT2D eigenvalue weighted by atomic mass is 9.98. The third-order valence-corrected chi connectivity index (χ3v) is 6.04. The standard InChI is InChI=1S/C21H20FN3O3/c22-19-16(6-3-9-23-19)20(26)24-10-7-14(8-11-24)25-18-15-5-2-1-4-13(15)12-17(18)28-21(25)27/h1-6,9,14,17-18H,7-8,10-12H2. The van der Waals surface area contributed by atoms with Crippen LogP contribution in [0, 0.1) is 5.95 Å². The molecule has 5 rings (SSSR count). The van der Waals surface area contributed by atoms with Gasteiger partial charge in [-0.25, -0.2) is 9.78 Å². The lowest BCUT2D eigenvalue weighted by Gasteiger charge is -2.37. The summed E-state index contributed by atoms with van der Waals surface area (Å²) < 4.78 is 19.5. The molecule has 1 aromatic carbocycles. The number of pyridine rings is 1. The van der Waals surface area contributed by atoms with Crippen LogP contribution in [-0.2, 0) is 11.2 Å². The Morgan fingerprint density at radius 3 is 2.71 bits per heavy atom. The lowest BCUT2D eigenvalue weighted by Crippen LogP contribution is -2.48. The third-order valence-electron chi connectivity index (χ3n) is 6.04. The number of likely N-dealkylation sites (tertiary alicyclic amines) is 1. The van der Waals surface area contributed by atoms with Crippen molar-refractivity contribution in [1.82, 2.24) is 14.8 Å². The first kappa shape index (κ1) is 17.2. The highest BCUT2D eigenvalue weighted by Crippen LogP contribution is 2.44. The second-order valence-electron chi connectivity index (χ2n) is 7.54. The number of hydrogen-bond donors (Lipinski definition) is 0. The Labute approximate surface area is 161 Å². The second kappa shape index (κ2) is 6.58. The van der Waals surface area contributed by atoms with E-state index in [1.165, 1.54) is 17.8 Å². The quantitative estimate of drug-likeness (QED) is 0.751. The summed E-state index contributed by atoms with van der Waals surface area (Å²) >= 11 is 0. The molecule has 0 bridgehead atoms. The number of rotatable bonds is 2. The van der Waals surface area contributed by atoms with Crippen molar-refractivity contribution >= 4 is 12.0 Å². The minimum atomic E-state index is -0.747. The van der Waals surface area contributed by atoms with Gasteiger partial charge in [0.15, 0.2) is 0 Å². The van der Waals surface area contributed by atoms with Crippen molar-refractivity contribution in [2.45, 2.75) is 37.5 Å². The number of carbonyl (C=O) groups is 2. The van der Waals surface area contributed by atoms with Gasteiger partial charge in [0.1, 0.15) is 6.10 Å². The topological polar surface area (TPSA) is 62.7 Å². The first-order chi connectivity index (χ1) is 13.6. The molecule has 2 unspecified atom stereocenters. The van der Waals surface area contributed by atoms with Gasteiger partial charge in [0, 0.05) is 31.7 Å². The molecule has 1 aliphatic carbocycles. The Morgan fingerprint density at radius 1 is 1.14 bits per heavy atom. The summed E-state index contributed by atoms with van der Waals surface area (Å²) in [6.45, 7) is 0.946. The molecule has 0 spiro atoms. The summed E-state index contributed by atoms with van der Waals surface area (Å²) in [5, 5.41) is 0. The fourth-order valence-corrected chi connectivity index (χ4v) is 4.72. The monoisotopic (exact) mass is 381 g/mol. The number of nitrogens with zero attached hydrogens (tertiary/aromatic N) is 3. The maximum atomic E-state index is 13.8. The number of aromatic nitrogens is 1. The van der Waals surface area contributed by atoms with E-state index < -0.39 is 5.95 Å². The molecule has 6 nitrogen and oxygen atoms in total. The minimum Gasteiger partial charge on any atom is -0.443 e. The van der Waals surface area contributed by atoms with Gasteiger partial charge in [-0.05, 0) is 36.1 Å². The maximum Gasteiger partial charge on any atom is 0.411 e. The number of carbonyl (C=O) groups excluding carboxylic acids is 2. The summed E-state index contributed by atoms with van der Waals surface area (Å²) in [5.74, 6) is -1.10. The van der Waals surface area contributed by atoms with Gasteiger partial charge in [-0.1, -0.05) is 24.3 Å². The van der Waals surface area contributed by atoms with Gasteiger partial charge in [0.2, 0.25) is 5.95 Å². The zero-order chi connectivity index (χ0) is 19.3. The molecule has 3 aliphatic rings. The number of piperidine rings is 1. The lowest BCUT2D eigenvalue weighted by molar-refractivity contribution is 0.0630. The van der Waals surface area contributed by atoms with E-state index in [-0.39, 0.29) is 35.8 Å². The predicted octanol–water partition coefficient (Wildman–Crippen LogP) is 2.94. The van der Waals surface area contributed by atoms with Crippen molar-refractivity contribution in [3.8, 4) is 0 Å². The summed E-state index contributed by atoms with van der Waals surface area (Å²) in [6.07, 6.45) is 2.97. The molecule has 3 heterocycles. The molecule has 0 N–H and O–H groups in total. The van der Waals surface area contributed by atoms with E-state index in [1.807, 2.05) is 17.0 Å². The number of amides is 2. The molecule has 2 saturated heterocycles. The summed E-state index contributed by atoms with van der Waals surface area (Å²) in [6, 6.07) is 11.1.